The molecule has 0 N–H and O–H groups in total. The molecule has 0 unspecified atom stereocenters. The summed E-state index contributed by atoms with van der Waals surface area (Å²) in [6, 6.07) is 29.0. The number of nitriles is 1. The predicted molar refractivity (Wildman–Crippen MR) is 102 cm³/mol. The minimum absolute atomic E-state index is 0.683. The van der Waals surface area contributed by atoms with Crippen LogP contribution in [0.2, 0.25) is 0 Å². The van der Waals surface area contributed by atoms with Crippen molar-refractivity contribution in [1.29, 1.82) is 5.26 Å². The van der Waals surface area contributed by atoms with E-state index in [0.29, 0.717) is 5.56 Å². The second-order valence-electron chi connectivity index (χ2n) is 5.80. The Balaban J connectivity index is 1.89. The second-order valence-corrected chi connectivity index (χ2v) is 5.80. The van der Waals surface area contributed by atoms with Gasteiger partial charge in [0.05, 0.1) is 11.6 Å². The highest BCUT2D eigenvalue weighted by molar-refractivity contribution is 6.07. The van der Waals surface area contributed by atoms with Gasteiger partial charge in [-0.25, -0.2) is 0 Å². The zero-order valence-corrected chi connectivity index (χ0v) is 13.1. The first-order valence-corrected chi connectivity index (χ1v) is 7.94. The lowest BCUT2D eigenvalue weighted by atomic mass is 9.96. The van der Waals surface area contributed by atoms with E-state index in [9.17, 15) is 0 Å². The maximum atomic E-state index is 8.91. The maximum Gasteiger partial charge on any atom is 0.0991 e. The van der Waals surface area contributed by atoms with Gasteiger partial charge in [0.25, 0.3) is 0 Å². The maximum absolute atomic E-state index is 8.91. The molecule has 112 valence electrons. The van der Waals surface area contributed by atoms with Crippen molar-refractivity contribution in [1.82, 2.24) is 0 Å². The fraction of sp³-hybridized carbons (Fsp3) is 0. The van der Waals surface area contributed by atoms with Crippen LogP contribution >= 0.6 is 0 Å². The van der Waals surface area contributed by atoms with Crippen LogP contribution in [0.15, 0.2) is 78.9 Å². The molecule has 4 aromatic carbocycles. The van der Waals surface area contributed by atoms with Crippen molar-refractivity contribution < 1.29 is 0 Å². The molecule has 0 radical (unpaired) electrons. The van der Waals surface area contributed by atoms with Crippen molar-refractivity contribution in [2.24, 2.45) is 0 Å². The zero-order chi connectivity index (χ0) is 16.4. The van der Waals surface area contributed by atoms with Gasteiger partial charge in [-0.1, -0.05) is 72.8 Å². The van der Waals surface area contributed by atoms with Crippen LogP contribution in [0.25, 0.3) is 33.7 Å². The van der Waals surface area contributed by atoms with Crippen LogP contribution in [0.3, 0.4) is 0 Å². The molecule has 24 heavy (non-hydrogen) atoms. The molecule has 0 aliphatic carbocycles. The summed E-state index contributed by atoms with van der Waals surface area (Å²) >= 11 is 0. The molecule has 0 saturated carbocycles. The Kier molecular flexibility index (Phi) is 3.57. The predicted octanol–water partition coefficient (Wildman–Crippen LogP) is 6.04. The lowest BCUT2D eigenvalue weighted by Gasteiger charge is -2.08. The Hall–Kier alpha value is -3.37. The van der Waals surface area contributed by atoms with Gasteiger partial charge in [0, 0.05) is 0 Å². The van der Waals surface area contributed by atoms with Crippen LogP contribution in [0, 0.1) is 11.3 Å². The van der Waals surface area contributed by atoms with E-state index in [1.165, 1.54) is 27.1 Å². The molecule has 4 rings (SSSR count). The third-order valence-electron chi connectivity index (χ3n) is 4.30. The Labute approximate surface area is 141 Å². The van der Waals surface area contributed by atoms with Gasteiger partial charge >= 0.3 is 0 Å². The van der Waals surface area contributed by atoms with Gasteiger partial charge in [-0.05, 0) is 50.9 Å². The minimum atomic E-state index is 0.683. The van der Waals surface area contributed by atoms with Gasteiger partial charge in [0.2, 0.25) is 0 Å². The van der Waals surface area contributed by atoms with Crippen LogP contribution in [0.1, 0.15) is 16.7 Å². The molecule has 0 fully saturated rings. The second kappa shape index (κ2) is 6.02. The Morgan fingerprint density at radius 3 is 1.83 bits per heavy atom. The molecule has 0 heterocycles. The van der Waals surface area contributed by atoms with Crippen LogP contribution in [0.5, 0.6) is 0 Å². The highest BCUT2D eigenvalue weighted by Gasteiger charge is 2.04. The highest BCUT2D eigenvalue weighted by atomic mass is 14.2. The van der Waals surface area contributed by atoms with Crippen molar-refractivity contribution in [3.63, 3.8) is 0 Å². The SMILES string of the molecule is N#Cc1ccc(C=Cc2c3ccccc3cc3ccccc23)cc1. The smallest absolute Gasteiger partial charge is 0.0991 e. The molecule has 0 bridgehead atoms. The lowest BCUT2D eigenvalue weighted by Crippen LogP contribution is -1.83. The first-order valence-electron chi connectivity index (χ1n) is 7.94. The lowest BCUT2D eigenvalue weighted by molar-refractivity contribution is 1.48. The van der Waals surface area contributed by atoms with E-state index in [2.05, 4.69) is 72.8 Å². The van der Waals surface area contributed by atoms with Gasteiger partial charge in [-0.2, -0.15) is 5.26 Å². The summed E-state index contributed by atoms with van der Waals surface area (Å²) in [5.74, 6) is 0. The normalized spacial score (nSPS) is 11.1. The average molecular weight is 305 g/mol. The van der Waals surface area contributed by atoms with E-state index in [1.807, 2.05) is 24.3 Å². The van der Waals surface area contributed by atoms with Crippen molar-refractivity contribution in [3.05, 3.63) is 95.6 Å². The Bertz CT molecular complexity index is 1040. The average Bonchev–Trinajstić information content (AvgIpc) is 2.65. The van der Waals surface area contributed by atoms with Crippen molar-refractivity contribution in [3.8, 4) is 6.07 Å². The van der Waals surface area contributed by atoms with Crippen LogP contribution in [0.4, 0.5) is 0 Å². The van der Waals surface area contributed by atoms with E-state index < -0.39 is 0 Å². The Morgan fingerprint density at radius 2 is 1.25 bits per heavy atom. The summed E-state index contributed by atoms with van der Waals surface area (Å²) in [6.45, 7) is 0. The molecular formula is C23H15N. The summed E-state index contributed by atoms with van der Waals surface area (Å²) in [6.07, 6.45) is 4.28. The first kappa shape index (κ1) is 14.2. The first-order chi connectivity index (χ1) is 11.8. The fourth-order valence-electron chi connectivity index (χ4n) is 3.08. The summed E-state index contributed by atoms with van der Waals surface area (Å²) in [5, 5.41) is 13.9. The van der Waals surface area contributed by atoms with E-state index in [1.54, 1.807) is 0 Å². The highest BCUT2D eigenvalue weighted by Crippen LogP contribution is 2.30. The summed E-state index contributed by atoms with van der Waals surface area (Å²) < 4.78 is 0. The number of rotatable bonds is 2. The van der Waals surface area contributed by atoms with Crippen LogP contribution in [-0.4, -0.2) is 0 Å². The third kappa shape index (κ3) is 2.55. The quantitative estimate of drug-likeness (QED) is 0.327. The van der Waals surface area contributed by atoms with E-state index in [4.69, 9.17) is 5.26 Å². The third-order valence-corrected chi connectivity index (χ3v) is 4.30. The largest absolute Gasteiger partial charge is 0.192 e. The molecule has 0 aromatic heterocycles. The van der Waals surface area contributed by atoms with Crippen molar-refractivity contribution in [2.45, 2.75) is 0 Å². The number of hydrogen-bond donors (Lipinski definition) is 0. The van der Waals surface area contributed by atoms with Crippen molar-refractivity contribution >= 4 is 33.7 Å². The topological polar surface area (TPSA) is 23.8 Å². The Morgan fingerprint density at radius 1 is 0.667 bits per heavy atom. The molecule has 1 heteroatoms. The summed E-state index contributed by atoms with van der Waals surface area (Å²) in [5.41, 5.74) is 3.00. The van der Waals surface area contributed by atoms with Gasteiger partial charge in [-0.3, -0.25) is 0 Å². The number of hydrogen-bond acceptors (Lipinski definition) is 1. The van der Waals surface area contributed by atoms with Gasteiger partial charge in [0.1, 0.15) is 0 Å². The van der Waals surface area contributed by atoms with Gasteiger partial charge in [0.15, 0.2) is 0 Å². The fourth-order valence-corrected chi connectivity index (χ4v) is 3.08. The molecule has 0 atom stereocenters. The molecule has 0 amide bonds. The van der Waals surface area contributed by atoms with Gasteiger partial charge in [-0.15, -0.1) is 0 Å². The number of benzene rings is 4. The molecule has 0 saturated heterocycles. The number of nitrogens with zero attached hydrogens (tertiary/aromatic N) is 1. The minimum Gasteiger partial charge on any atom is -0.192 e. The van der Waals surface area contributed by atoms with Crippen LogP contribution in [-0.2, 0) is 0 Å². The van der Waals surface area contributed by atoms with Crippen molar-refractivity contribution in [2.75, 3.05) is 0 Å². The summed E-state index contributed by atoms with van der Waals surface area (Å²) in [7, 11) is 0. The number of fused-ring (bicyclic) bond motifs is 2. The molecule has 0 spiro atoms. The van der Waals surface area contributed by atoms with Gasteiger partial charge < -0.3 is 0 Å². The van der Waals surface area contributed by atoms with E-state index in [0.717, 1.165) is 5.56 Å². The standard InChI is InChI=1S/C23H15N/c24-16-18-11-9-17(10-12-18)13-14-23-21-7-3-1-5-19(21)15-20-6-2-4-8-22(20)23/h1-15H. The summed E-state index contributed by atoms with van der Waals surface area (Å²) in [4.78, 5) is 0. The zero-order valence-electron chi connectivity index (χ0n) is 13.1. The van der Waals surface area contributed by atoms with Crippen LogP contribution < -0.4 is 0 Å². The molecular weight excluding hydrogens is 290 g/mol. The monoisotopic (exact) mass is 305 g/mol. The molecule has 0 aliphatic heterocycles. The van der Waals surface area contributed by atoms with E-state index in [-0.39, 0.29) is 0 Å². The molecule has 0 aliphatic rings. The molecule has 4 aromatic rings. The van der Waals surface area contributed by atoms with E-state index >= 15 is 0 Å². The molecule has 1 nitrogen and oxygen atoms in total.